The van der Waals surface area contributed by atoms with Gasteiger partial charge in [-0.1, -0.05) is 15.9 Å². The third-order valence-corrected chi connectivity index (χ3v) is 4.35. The first kappa shape index (κ1) is 14.1. The number of hydrogen-bond acceptors (Lipinski definition) is 5. The number of aliphatic hydroxyl groups is 1. The molecule has 1 saturated heterocycles. The summed E-state index contributed by atoms with van der Waals surface area (Å²) in [5, 5.41) is 13.8. The van der Waals surface area contributed by atoms with Crippen molar-refractivity contribution in [2.24, 2.45) is 0 Å². The van der Waals surface area contributed by atoms with Crippen LogP contribution in [0.25, 0.3) is 0 Å². The van der Waals surface area contributed by atoms with Gasteiger partial charge in [0.1, 0.15) is 13.2 Å². The molecule has 0 radical (unpaired) electrons. The fraction of sp³-hybridized carbons (Fsp3) is 0.571. The van der Waals surface area contributed by atoms with E-state index in [0.29, 0.717) is 25.5 Å². The number of fused-ring (bicyclic) bond motifs is 1. The van der Waals surface area contributed by atoms with Crippen LogP contribution >= 0.6 is 15.9 Å². The lowest BCUT2D eigenvalue weighted by molar-refractivity contribution is 0.104. The highest BCUT2D eigenvalue weighted by Crippen LogP contribution is 2.38. The summed E-state index contributed by atoms with van der Waals surface area (Å²) < 4.78 is 12.0. The molecular formula is C14H19BrN2O3. The number of ether oxygens (including phenoxy) is 2. The maximum absolute atomic E-state index is 10.5. The van der Waals surface area contributed by atoms with Gasteiger partial charge < -0.3 is 19.9 Å². The van der Waals surface area contributed by atoms with Gasteiger partial charge in [0, 0.05) is 37.2 Å². The van der Waals surface area contributed by atoms with Crippen molar-refractivity contribution in [3.8, 4) is 11.5 Å². The Bertz CT molecular complexity index is 478. The van der Waals surface area contributed by atoms with Gasteiger partial charge in [-0.15, -0.1) is 0 Å². The summed E-state index contributed by atoms with van der Waals surface area (Å²) in [6.07, 6.45) is -0.529. The highest BCUT2D eigenvalue weighted by Gasteiger charge is 2.21. The molecule has 1 aromatic rings. The molecule has 2 aliphatic heterocycles. The number of rotatable bonds is 3. The fourth-order valence-electron chi connectivity index (χ4n) is 2.57. The molecule has 2 N–H and O–H groups in total. The molecular weight excluding hydrogens is 324 g/mol. The molecule has 0 bridgehead atoms. The predicted molar refractivity (Wildman–Crippen MR) is 79.4 cm³/mol. The van der Waals surface area contributed by atoms with Crippen molar-refractivity contribution in [1.82, 2.24) is 10.2 Å². The van der Waals surface area contributed by atoms with Crippen molar-refractivity contribution in [3.05, 3.63) is 22.2 Å². The molecule has 0 spiro atoms. The van der Waals surface area contributed by atoms with Gasteiger partial charge in [0.15, 0.2) is 11.5 Å². The van der Waals surface area contributed by atoms with E-state index in [1.807, 2.05) is 12.1 Å². The number of hydrogen-bond donors (Lipinski definition) is 2. The van der Waals surface area contributed by atoms with E-state index in [2.05, 4.69) is 26.1 Å². The molecule has 1 fully saturated rings. The molecule has 2 heterocycles. The van der Waals surface area contributed by atoms with Gasteiger partial charge in [0.05, 0.1) is 6.10 Å². The van der Waals surface area contributed by atoms with Crippen molar-refractivity contribution in [3.63, 3.8) is 0 Å². The second-order valence-corrected chi connectivity index (χ2v) is 5.94. The number of halogens is 1. The molecule has 5 nitrogen and oxygen atoms in total. The summed E-state index contributed by atoms with van der Waals surface area (Å²) in [7, 11) is 0. The van der Waals surface area contributed by atoms with E-state index in [1.54, 1.807) is 0 Å². The number of benzene rings is 1. The monoisotopic (exact) mass is 342 g/mol. The molecule has 1 atom stereocenters. The zero-order valence-corrected chi connectivity index (χ0v) is 12.9. The Morgan fingerprint density at radius 1 is 1.20 bits per heavy atom. The molecule has 0 amide bonds. The first-order valence-corrected chi connectivity index (χ1v) is 7.73. The van der Waals surface area contributed by atoms with E-state index in [9.17, 15) is 5.11 Å². The van der Waals surface area contributed by atoms with Gasteiger partial charge >= 0.3 is 0 Å². The van der Waals surface area contributed by atoms with Crippen LogP contribution in [0.4, 0.5) is 0 Å². The molecule has 110 valence electrons. The smallest absolute Gasteiger partial charge is 0.162 e. The molecule has 20 heavy (non-hydrogen) atoms. The molecule has 0 saturated carbocycles. The quantitative estimate of drug-likeness (QED) is 0.863. The van der Waals surface area contributed by atoms with Crippen LogP contribution in [0.2, 0.25) is 0 Å². The lowest BCUT2D eigenvalue weighted by Crippen LogP contribution is -2.45. The minimum atomic E-state index is -0.529. The van der Waals surface area contributed by atoms with Crippen molar-refractivity contribution in [1.29, 1.82) is 0 Å². The third-order valence-electron chi connectivity index (χ3n) is 3.66. The molecule has 1 aromatic carbocycles. The molecule has 0 aromatic heterocycles. The second-order valence-electron chi connectivity index (χ2n) is 5.08. The number of aliphatic hydroxyl groups excluding tert-OH is 1. The van der Waals surface area contributed by atoms with Gasteiger partial charge in [0.25, 0.3) is 0 Å². The zero-order valence-electron chi connectivity index (χ0n) is 11.3. The third kappa shape index (κ3) is 3.09. The Kier molecular flexibility index (Phi) is 4.45. The highest BCUT2D eigenvalue weighted by atomic mass is 79.9. The van der Waals surface area contributed by atoms with Crippen LogP contribution < -0.4 is 14.8 Å². The predicted octanol–water partition coefficient (Wildman–Crippen LogP) is 1.16. The molecule has 3 rings (SSSR count). The summed E-state index contributed by atoms with van der Waals surface area (Å²) in [6.45, 7) is 5.67. The van der Waals surface area contributed by atoms with Gasteiger partial charge in [-0.05, 0) is 17.7 Å². The summed E-state index contributed by atoms with van der Waals surface area (Å²) in [6, 6.07) is 3.76. The Labute approximate surface area is 127 Å². The van der Waals surface area contributed by atoms with E-state index < -0.39 is 6.10 Å². The van der Waals surface area contributed by atoms with Crippen molar-refractivity contribution in [2.45, 2.75) is 6.10 Å². The van der Waals surface area contributed by atoms with Crippen LogP contribution in [-0.2, 0) is 0 Å². The average Bonchev–Trinajstić information content (AvgIpc) is 2.47. The first-order chi connectivity index (χ1) is 9.74. The van der Waals surface area contributed by atoms with Crippen LogP contribution in [-0.4, -0.2) is 55.9 Å². The van der Waals surface area contributed by atoms with Crippen LogP contribution in [0.15, 0.2) is 16.6 Å². The van der Waals surface area contributed by atoms with E-state index in [1.165, 1.54) is 0 Å². The van der Waals surface area contributed by atoms with E-state index >= 15 is 0 Å². The second kappa shape index (κ2) is 6.30. The van der Waals surface area contributed by atoms with Gasteiger partial charge in [-0.3, -0.25) is 4.90 Å². The maximum atomic E-state index is 10.5. The van der Waals surface area contributed by atoms with E-state index in [0.717, 1.165) is 42.0 Å². The summed E-state index contributed by atoms with van der Waals surface area (Å²) >= 11 is 3.51. The minimum absolute atomic E-state index is 0.529. The fourth-order valence-corrected chi connectivity index (χ4v) is 3.16. The van der Waals surface area contributed by atoms with E-state index in [4.69, 9.17) is 9.47 Å². The van der Waals surface area contributed by atoms with Crippen molar-refractivity contribution < 1.29 is 14.6 Å². The lowest BCUT2D eigenvalue weighted by atomic mass is 10.1. The molecule has 1 unspecified atom stereocenters. The normalized spacial score (nSPS) is 20.7. The van der Waals surface area contributed by atoms with Crippen LogP contribution in [0.3, 0.4) is 0 Å². The topological polar surface area (TPSA) is 54.0 Å². The van der Waals surface area contributed by atoms with E-state index in [-0.39, 0.29) is 0 Å². The van der Waals surface area contributed by atoms with Crippen LogP contribution in [0, 0.1) is 0 Å². The standard InChI is InChI=1S/C14H19BrN2O3/c15-11-8-14-13(19-5-6-20-14)7-10(11)12(18)9-17-3-1-16-2-4-17/h7-8,12,16,18H,1-6,9H2. The molecule has 0 aliphatic carbocycles. The summed E-state index contributed by atoms with van der Waals surface area (Å²) in [5.74, 6) is 1.45. The van der Waals surface area contributed by atoms with Crippen LogP contribution in [0.5, 0.6) is 11.5 Å². The molecule has 2 aliphatic rings. The Morgan fingerprint density at radius 2 is 1.85 bits per heavy atom. The SMILES string of the molecule is OC(CN1CCNCC1)c1cc2c(cc1Br)OCCO2. The lowest BCUT2D eigenvalue weighted by Gasteiger charge is -2.30. The van der Waals surface area contributed by atoms with Crippen molar-refractivity contribution >= 4 is 15.9 Å². The number of piperazine rings is 1. The number of nitrogens with one attached hydrogen (secondary N) is 1. The summed E-state index contributed by atoms with van der Waals surface area (Å²) in [5.41, 5.74) is 0.854. The number of nitrogens with zero attached hydrogens (tertiary/aromatic N) is 1. The minimum Gasteiger partial charge on any atom is -0.486 e. The molecule has 6 heteroatoms. The van der Waals surface area contributed by atoms with Gasteiger partial charge in [-0.2, -0.15) is 0 Å². The Balaban J connectivity index is 1.74. The van der Waals surface area contributed by atoms with Gasteiger partial charge in [-0.25, -0.2) is 0 Å². The number of β-amino-alcohol motifs (C(OH)–C–C–N with tert-alkyl or cyclic N) is 1. The highest BCUT2D eigenvalue weighted by molar-refractivity contribution is 9.10. The average molecular weight is 343 g/mol. The Morgan fingerprint density at radius 3 is 2.55 bits per heavy atom. The Hall–Kier alpha value is -0.820. The van der Waals surface area contributed by atoms with Crippen LogP contribution in [0.1, 0.15) is 11.7 Å². The maximum Gasteiger partial charge on any atom is 0.162 e. The zero-order chi connectivity index (χ0) is 13.9. The van der Waals surface area contributed by atoms with Crippen molar-refractivity contribution in [2.75, 3.05) is 45.9 Å². The van der Waals surface area contributed by atoms with Gasteiger partial charge in [0.2, 0.25) is 0 Å². The first-order valence-electron chi connectivity index (χ1n) is 6.94. The summed E-state index contributed by atoms with van der Waals surface area (Å²) in [4.78, 5) is 2.27. The largest absolute Gasteiger partial charge is 0.486 e.